The van der Waals surface area contributed by atoms with E-state index in [4.69, 9.17) is 4.98 Å². The van der Waals surface area contributed by atoms with Gasteiger partial charge in [0.1, 0.15) is 4.83 Å². The van der Waals surface area contributed by atoms with E-state index in [-0.39, 0.29) is 23.6 Å². The van der Waals surface area contributed by atoms with Crippen molar-refractivity contribution in [3.63, 3.8) is 0 Å². The molecule has 0 aliphatic heterocycles. The second-order valence-corrected chi connectivity index (χ2v) is 10.5. The van der Waals surface area contributed by atoms with Gasteiger partial charge >= 0.3 is 6.03 Å². The molecule has 7 nitrogen and oxygen atoms in total. The lowest BCUT2D eigenvalue weighted by Crippen LogP contribution is -2.43. The summed E-state index contributed by atoms with van der Waals surface area (Å²) >= 11 is 2.77. The summed E-state index contributed by atoms with van der Waals surface area (Å²) in [5.41, 5.74) is 0.985. The number of aryl methyl sites for hydroxylation is 2. The Morgan fingerprint density at radius 2 is 1.90 bits per heavy atom. The highest BCUT2D eigenvalue weighted by Crippen LogP contribution is 2.35. The van der Waals surface area contributed by atoms with Gasteiger partial charge in [0.05, 0.1) is 10.6 Å². The number of nitrogens with one attached hydrogen (secondary N) is 2. The zero-order valence-electron chi connectivity index (χ0n) is 16.9. The van der Waals surface area contributed by atoms with E-state index < -0.39 is 11.3 Å². The first-order valence-corrected chi connectivity index (χ1v) is 11.8. The first-order chi connectivity index (χ1) is 13.8. The largest absolute Gasteiger partial charge is 0.335 e. The predicted molar refractivity (Wildman–Crippen MR) is 116 cm³/mol. The Kier molecular flexibility index (Phi) is 5.70. The van der Waals surface area contributed by atoms with E-state index in [0.29, 0.717) is 10.5 Å². The van der Waals surface area contributed by atoms with Crippen LogP contribution in [0.4, 0.5) is 4.79 Å². The summed E-state index contributed by atoms with van der Waals surface area (Å²) in [6, 6.07) is -0.145. The number of rotatable bonds is 5. The van der Waals surface area contributed by atoms with E-state index in [1.807, 2.05) is 13.8 Å². The summed E-state index contributed by atoms with van der Waals surface area (Å²) in [5, 5.41) is 5.88. The van der Waals surface area contributed by atoms with Crippen LogP contribution >= 0.6 is 23.1 Å². The Bertz CT molecular complexity index is 1020. The Morgan fingerprint density at radius 1 is 1.21 bits per heavy atom. The normalized spacial score (nSPS) is 18.2. The van der Waals surface area contributed by atoms with Gasteiger partial charge in [-0.25, -0.2) is 9.78 Å². The van der Waals surface area contributed by atoms with Gasteiger partial charge in [-0.3, -0.25) is 19.5 Å². The minimum atomic E-state index is -0.542. The van der Waals surface area contributed by atoms with Crippen LogP contribution in [0.5, 0.6) is 0 Å². The van der Waals surface area contributed by atoms with Gasteiger partial charge in [-0.15, -0.1) is 11.3 Å². The quantitative estimate of drug-likeness (QED) is 0.553. The summed E-state index contributed by atoms with van der Waals surface area (Å²) in [7, 11) is 0. The van der Waals surface area contributed by atoms with Crippen molar-refractivity contribution in [3.05, 3.63) is 20.8 Å². The third-order valence-electron chi connectivity index (χ3n) is 5.69. The number of hydrogen-bond donors (Lipinski definition) is 2. The van der Waals surface area contributed by atoms with Crippen molar-refractivity contribution in [2.24, 2.45) is 0 Å². The third-order valence-corrected chi connectivity index (χ3v) is 7.86. The van der Waals surface area contributed by atoms with Crippen molar-refractivity contribution >= 4 is 45.3 Å². The maximum atomic E-state index is 13.4. The maximum Gasteiger partial charge on any atom is 0.321 e. The summed E-state index contributed by atoms with van der Waals surface area (Å²) in [6.45, 7) is 5.71. The van der Waals surface area contributed by atoms with Crippen molar-refractivity contribution in [2.75, 3.05) is 0 Å². The van der Waals surface area contributed by atoms with Gasteiger partial charge in [-0.05, 0) is 52.0 Å². The number of thioether (sulfide) groups is 1. The number of amides is 3. The fourth-order valence-corrected chi connectivity index (χ4v) is 5.78. The summed E-state index contributed by atoms with van der Waals surface area (Å²) in [5.74, 6) is -0.376. The molecular weight excluding hydrogens is 408 g/mol. The lowest BCUT2D eigenvalue weighted by molar-refractivity contribution is -0.119. The molecule has 0 spiro atoms. The van der Waals surface area contributed by atoms with Crippen molar-refractivity contribution in [3.8, 4) is 0 Å². The van der Waals surface area contributed by atoms with Gasteiger partial charge in [0, 0.05) is 17.0 Å². The molecule has 2 aliphatic rings. The molecule has 0 aromatic carbocycles. The van der Waals surface area contributed by atoms with Crippen LogP contribution in [0.15, 0.2) is 9.95 Å². The zero-order valence-corrected chi connectivity index (χ0v) is 18.5. The molecule has 2 heterocycles. The fourth-order valence-electron chi connectivity index (χ4n) is 3.73. The third kappa shape index (κ3) is 4.21. The number of imide groups is 1. The smallest absolute Gasteiger partial charge is 0.321 e. The number of aromatic nitrogens is 2. The number of thiophene rings is 1. The molecule has 29 heavy (non-hydrogen) atoms. The van der Waals surface area contributed by atoms with E-state index >= 15 is 0 Å². The molecule has 0 radical (unpaired) electrons. The number of nitrogens with zero attached hydrogens (tertiary/aromatic N) is 2. The number of carbonyl (C=O) groups is 2. The Morgan fingerprint density at radius 3 is 2.55 bits per heavy atom. The molecule has 1 atom stereocenters. The van der Waals surface area contributed by atoms with E-state index in [2.05, 4.69) is 10.6 Å². The van der Waals surface area contributed by atoms with E-state index in [0.717, 1.165) is 53.8 Å². The van der Waals surface area contributed by atoms with E-state index in [1.165, 1.54) is 23.1 Å². The van der Waals surface area contributed by atoms with Crippen LogP contribution < -0.4 is 16.2 Å². The van der Waals surface area contributed by atoms with Crippen LogP contribution in [0.3, 0.4) is 0 Å². The molecule has 2 N–H and O–H groups in total. The average Bonchev–Trinajstić information content (AvgIpc) is 3.20. The summed E-state index contributed by atoms with van der Waals surface area (Å²) < 4.78 is 1.80. The number of urea groups is 1. The lowest BCUT2D eigenvalue weighted by Gasteiger charge is -2.20. The number of fused-ring (bicyclic) bond motifs is 1. The molecule has 2 aromatic rings. The van der Waals surface area contributed by atoms with Gasteiger partial charge in [0.2, 0.25) is 5.91 Å². The topological polar surface area (TPSA) is 93.1 Å². The molecule has 2 aromatic heterocycles. The molecule has 0 saturated heterocycles. The van der Waals surface area contributed by atoms with Crippen LogP contribution in [0.25, 0.3) is 10.2 Å². The molecule has 9 heteroatoms. The van der Waals surface area contributed by atoms with Crippen LogP contribution in [0.2, 0.25) is 0 Å². The van der Waals surface area contributed by atoms with Crippen LogP contribution in [-0.2, 0) is 4.79 Å². The molecule has 156 valence electrons. The molecule has 4 rings (SSSR count). The Hall–Kier alpha value is -1.87. The minimum Gasteiger partial charge on any atom is -0.335 e. The predicted octanol–water partition coefficient (Wildman–Crippen LogP) is 3.66. The zero-order chi connectivity index (χ0) is 20.7. The van der Waals surface area contributed by atoms with Gasteiger partial charge < -0.3 is 5.32 Å². The molecule has 3 amide bonds. The summed E-state index contributed by atoms with van der Waals surface area (Å²) in [6.07, 6.45) is 6.02. The SMILES string of the molecule is Cc1sc2nc(SC(C)C(=O)NC(=O)NC3CC3)n(C3CCCC3)c(=O)c2c1C. The Balaban J connectivity index is 1.62. The van der Waals surface area contributed by atoms with E-state index in [9.17, 15) is 14.4 Å². The van der Waals surface area contributed by atoms with Gasteiger partial charge in [-0.1, -0.05) is 24.6 Å². The monoisotopic (exact) mass is 434 g/mol. The average molecular weight is 435 g/mol. The van der Waals surface area contributed by atoms with Crippen molar-refractivity contribution < 1.29 is 9.59 Å². The maximum absolute atomic E-state index is 13.4. The fraction of sp³-hybridized carbons (Fsp3) is 0.600. The second kappa shape index (κ2) is 8.10. The van der Waals surface area contributed by atoms with Crippen molar-refractivity contribution in [1.29, 1.82) is 0 Å². The highest BCUT2D eigenvalue weighted by molar-refractivity contribution is 8.00. The standard InChI is InChI=1S/C20H26N4O3S2/c1-10-11(2)28-17-15(10)18(26)24(14-6-4-5-7-14)20(23-17)29-12(3)16(25)22-19(27)21-13-8-9-13/h12-14H,4-9H2,1-3H3,(H2,21,22,25,27). The second-order valence-electron chi connectivity index (χ2n) is 7.97. The van der Waals surface area contributed by atoms with Crippen molar-refractivity contribution in [1.82, 2.24) is 20.2 Å². The summed E-state index contributed by atoms with van der Waals surface area (Å²) in [4.78, 5) is 44.4. The molecular formula is C20H26N4O3S2. The number of carbonyl (C=O) groups excluding carboxylic acids is 2. The Labute approximate surface area is 177 Å². The molecule has 2 saturated carbocycles. The van der Waals surface area contributed by atoms with Crippen molar-refractivity contribution in [2.45, 2.75) is 81.8 Å². The molecule has 2 aliphatic carbocycles. The van der Waals surface area contributed by atoms with Crippen LogP contribution in [-0.4, -0.2) is 32.8 Å². The first-order valence-electron chi connectivity index (χ1n) is 10.2. The van der Waals surface area contributed by atoms with E-state index in [1.54, 1.807) is 11.5 Å². The highest BCUT2D eigenvalue weighted by Gasteiger charge is 2.28. The van der Waals surface area contributed by atoms with Crippen LogP contribution in [0, 0.1) is 13.8 Å². The molecule has 2 fully saturated rings. The van der Waals surface area contributed by atoms with Gasteiger partial charge in [0.25, 0.3) is 5.56 Å². The van der Waals surface area contributed by atoms with Gasteiger partial charge in [-0.2, -0.15) is 0 Å². The molecule has 1 unspecified atom stereocenters. The van der Waals surface area contributed by atoms with Crippen LogP contribution in [0.1, 0.15) is 61.9 Å². The first kappa shape index (κ1) is 20.4. The minimum absolute atomic E-state index is 0.00895. The number of hydrogen-bond acceptors (Lipinski definition) is 6. The lowest BCUT2D eigenvalue weighted by atomic mass is 10.2. The highest BCUT2D eigenvalue weighted by atomic mass is 32.2. The van der Waals surface area contributed by atoms with Gasteiger partial charge in [0.15, 0.2) is 5.16 Å². The molecule has 0 bridgehead atoms.